The normalized spacial score (nSPS) is 22.6. The van der Waals surface area contributed by atoms with E-state index in [4.69, 9.17) is 4.74 Å². The standard InChI is InChI=1S/C20H26FN3O/c1-14-10-20(18-11-16(21)2-3-19(18)22-14)23-17-4-7-24(8-5-17)12-15-6-9-25-13-15/h2-3,10-11,15,17H,4-9,12-13H2,1H3,(H,22,23). The lowest BCUT2D eigenvalue weighted by Crippen LogP contribution is -2.41. The third-order valence-electron chi connectivity index (χ3n) is 5.39. The van der Waals surface area contributed by atoms with Crippen LogP contribution in [0.3, 0.4) is 0 Å². The van der Waals surface area contributed by atoms with Crippen molar-refractivity contribution in [2.24, 2.45) is 5.92 Å². The SMILES string of the molecule is Cc1cc(NC2CCN(CC3CCOC3)CC2)c2cc(F)ccc2n1. The average molecular weight is 343 g/mol. The molecule has 2 aliphatic heterocycles. The van der Waals surface area contributed by atoms with Crippen LogP contribution in [0.25, 0.3) is 10.9 Å². The first-order valence-electron chi connectivity index (χ1n) is 9.31. The number of fused-ring (bicyclic) bond motifs is 1. The molecule has 1 atom stereocenters. The molecule has 0 bridgehead atoms. The zero-order chi connectivity index (χ0) is 17.2. The van der Waals surface area contributed by atoms with Gasteiger partial charge in [0.1, 0.15) is 5.82 Å². The Morgan fingerprint density at radius 2 is 2.08 bits per heavy atom. The van der Waals surface area contributed by atoms with E-state index in [1.165, 1.54) is 12.5 Å². The summed E-state index contributed by atoms with van der Waals surface area (Å²) in [6.45, 7) is 7.23. The van der Waals surface area contributed by atoms with Crippen LogP contribution >= 0.6 is 0 Å². The Kier molecular flexibility index (Phi) is 4.86. The van der Waals surface area contributed by atoms with Crippen LogP contribution in [0.4, 0.5) is 10.1 Å². The van der Waals surface area contributed by atoms with E-state index in [-0.39, 0.29) is 5.82 Å². The van der Waals surface area contributed by atoms with Gasteiger partial charge in [0.2, 0.25) is 0 Å². The van der Waals surface area contributed by atoms with Crippen molar-refractivity contribution in [1.82, 2.24) is 9.88 Å². The minimum Gasteiger partial charge on any atom is -0.382 e. The van der Waals surface area contributed by atoms with E-state index in [1.54, 1.807) is 12.1 Å². The third kappa shape index (κ3) is 3.93. The van der Waals surface area contributed by atoms with Gasteiger partial charge in [0.25, 0.3) is 0 Å². The molecule has 0 aliphatic carbocycles. The van der Waals surface area contributed by atoms with Crippen LogP contribution in [0.15, 0.2) is 24.3 Å². The highest BCUT2D eigenvalue weighted by molar-refractivity contribution is 5.91. The lowest BCUT2D eigenvalue weighted by atomic mass is 10.0. The number of rotatable bonds is 4. The fourth-order valence-electron chi connectivity index (χ4n) is 4.02. The topological polar surface area (TPSA) is 37.4 Å². The van der Waals surface area contributed by atoms with E-state index >= 15 is 0 Å². The second-order valence-electron chi connectivity index (χ2n) is 7.42. The summed E-state index contributed by atoms with van der Waals surface area (Å²) in [5, 5.41) is 4.52. The van der Waals surface area contributed by atoms with Crippen molar-refractivity contribution in [2.75, 3.05) is 38.2 Å². The highest BCUT2D eigenvalue weighted by Gasteiger charge is 2.24. The summed E-state index contributed by atoms with van der Waals surface area (Å²) in [6, 6.07) is 7.28. The molecule has 5 heteroatoms. The zero-order valence-electron chi connectivity index (χ0n) is 14.8. The molecule has 3 heterocycles. The van der Waals surface area contributed by atoms with Crippen molar-refractivity contribution in [3.05, 3.63) is 35.8 Å². The quantitative estimate of drug-likeness (QED) is 0.920. The number of piperidine rings is 1. The third-order valence-corrected chi connectivity index (χ3v) is 5.39. The number of aromatic nitrogens is 1. The van der Waals surface area contributed by atoms with Gasteiger partial charge in [-0.15, -0.1) is 0 Å². The molecule has 4 nitrogen and oxygen atoms in total. The number of nitrogens with one attached hydrogen (secondary N) is 1. The molecule has 4 rings (SSSR count). The Bertz CT molecular complexity index is 737. The summed E-state index contributed by atoms with van der Waals surface area (Å²) in [5.74, 6) is 0.495. The van der Waals surface area contributed by atoms with Crippen molar-refractivity contribution < 1.29 is 9.13 Å². The van der Waals surface area contributed by atoms with Gasteiger partial charge in [-0.05, 0) is 56.4 Å². The van der Waals surface area contributed by atoms with E-state index in [1.807, 2.05) is 13.0 Å². The van der Waals surface area contributed by atoms with Gasteiger partial charge in [0.05, 0.1) is 12.1 Å². The van der Waals surface area contributed by atoms with E-state index in [9.17, 15) is 4.39 Å². The summed E-state index contributed by atoms with van der Waals surface area (Å²) in [5.41, 5.74) is 2.81. The molecule has 1 N–H and O–H groups in total. The molecule has 2 fully saturated rings. The first kappa shape index (κ1) is 16.7. The van der Waals surface area contributed by atoms with Crippen LogP contribution in [0.1, 0.15) is 25.0 Å². The fourth-order valence-corrected chi connectivity index (χ4v) is 4.02. The first-order chi connectivity index (χ1) is 12.2. The molecular weight excluding hydrogens is 317 g/mol. The number of benzene rings is 1. The van der Waals surface area contributed by atoms with Gasteiger partial charge in [0.15, 0.2) is 0 Å². The van der Waals surface area contributed by atoms with E-state index < -0.39 is 0 Å². The van der Waals surface area contributed by atoms with Crippen molar-refractivity contribution >= 4 is 16.6 Å². The largest absolute Gasteiger partial charge is 0.382 e. The Morgan fingerprint density at radius 3 is 2.84 bits per heavy atom. The van der Waals surface area contributed by atoms with Crippen molar-refractivity contribution in [1.29, 1.82) is 0 Å². The fraction of sp³-hybridized carbons (Fsp3) is 0.550. The van der Waals surface area contributed by atoms with Gasteiger partial charge in [-0.1, -0.05) is 0 Å². The molecule has 1 unspecified atom stereocenters. The molecule has 2 aromatic rings. The van der Waals surface area contributed by atoms with Crippen molar-refractivity contribution in [3.63, 3.8) is 0 Å². The summed E-state index contributed by atoms with van der Waals surface area (Å²) < 4.78 is 19.2. The maximum absolute atomic E-state index is 13.7. The molecule has 134 valence electrons. The molecular formula is C20H26FN3O. The Hall–Kier alpha value is -1.72. The predicted molar refractivity (Wildman–Crippen MR) is 98.4 cm³/mol. The van der Waals surface area contributed by atoms with Crippen molar-refractivity contribution in [3.8, 4) is 0 Å². The van der Waals surface area contributed by atoms with Gasteiger partial charge < -0.3 is 15.0 Å². The number of halogens is 1. The molecule has 2 aliphatic rings. The molecule has 1 aromatic heterocycles. The first-order valence-corrected chi connectivity index (χ1v) is 9.31. The van der Waals surface area contributed by atoms with Crippen LogP contribution in [-0.2, 0) is 4.74 Å². The van der Waals surface area contributed by atoms with Crippen LogP contribution in [-0.4, -0.2) is 48.8 Å². The second kappa shape index (κ2) is 7.26. The Balaban J connectivity index is 1.41. The van der Waals surface area contributed by atoms with Gasteiger partial charge in [-0.3, -0.25) is 4.98 Å². The number of anilines is 1. The van der Waals surface area contributed by atoms with Crippen LogP contribution < -0.4 is 5.32 Å². The lowest BCUT2D eigenvalue weighted by molar-refractivity contribution is 0.154. The summed E-state index contributed by atoms with van der Waals surface area (Å²) in [4.78, 5) is 7.08. The van der Waals surface area contributed by atoms with Gasteiger partial charge >= 0.3 is 0 Å². The molecule has 1 aromatic carbocycles. The van der Waals surface area contributed by atoms with E-state index in [2.05, 4.69) is 15.2 Å². The Labute approximate surface area is 148 Å². The molecule has 0 amide bonds. The van der Waals surface area contributed by atoms with Gasteiger partial charge in [0, 0.05) is 49.1 Å². The number of ether oxygens (including phenoxy) is 1. The summed E-state index contributed by atoms with van der Waals surface area (Å²) in [7, 11) is 0. The number of hydrogen-bond acceptors (Lipinski definition) is 4. The van der Waals surface area contributed by atoms with Crippen LogP contribution in [0.2, 0.25) is 0 Å². The van der Waals surface area contributed by atoms with E-state index in [0.29, 0.717) is 12.0 Å². The molecule has 0 saturated carbocycles. The number of nitrogens with zero attached hydrogens (tertiary/aromatic N) is 2. The number of aryl methyl sites for hydroxylation is 1. The molecule has 2 saturated heterocycles. The maximum Gasteiger partial charge on any atom is 0.124 e. The van der Waals surface area contributed by atoms with Crippen LogP contribution in [0.5, 0.6) is 0 Å². The molecule has 0 radical (unpaired) electrons. The number of likely N-dealkylation sites (tertiary alicyclic amines) is 1. The summed E-state index contributed by atoms with van der Waals surface area (Å²) in [6.07, 6.45) is 3.43. The second-order valence-corrected chi connectivity index (χ2v) is 7.42. The highest BCUT2D eigenvalue weighted by Crippen LogP contribution is 2.27. The minimum atomic E-state index is -0.213. The smallest absolute Gasteiger partial charge is 0.124 e. The molecule has 25 heavy (non-hydrogen) atoms. The summed E-state index contributed by atoms with van der Waals surface area (Å²) >= 11 is 0. The van der Waals surface area contributed by atoms with Crippen LogP contribution in [0, 0.1) is 18.7 Å². The lowest BCUT2D eigenvalue weighted by Gasteiger charge is -2.34. The average Bonchev–Trinajstić information content (AvgIpc) is 3.10. The minimum absolute atomic E-state index is 0.213. The zero-order valence-corrected chi connectivity index (χ0v) is 14.8. The highest BCUT2D eigenvalue weighted by atomic mass is 19.1. The van der Waals surface area contributed by atoms with E-state index in [0.717, 1.165) is 68.0 Å². The van der Waals surface area contributed by atoms with Gasteiger partial charge in [-0.2, -0.15) is 0 Å². The Morgan fingerprint density at radius 1 is 1.24 bits per heavy atom. The predicted octanol–water partition coefficient (Wildman–Crippen LogP) is 3.60. The van der Waals surface area contributed by atoms with Crippen molar-refractivity contribution in [2.45, 2.75) is 32.2 Å². The van der Waals surface area contributed by atoms with Gasteiger partial charge in [-0.25, -0.2) is 4.39 Å². The number of hydrogen-bond donors (Lipinski definition) is 1. The maximum atomic E-state index is 13.7. The molecule has 0 spiro atoms. The monoisotopic (exact) mass is 343 g/mol. The number of pyridine rings is 1.